The average Bonchev–Trinajstić information content (AvgIpc) is 2.53. The summed E-state index contributed by atoms with van der Waals surface area (Å²) >= 11 is 6.09. The molecule has 0 heterocycles. The quantitative estimate of drug-likeness (QED) is 0.227. The lowest BCUT2D eigenvalue weighted by Crippen LogP contribution is -2.32. The van der Waals surface area contributed by atoms with Gasteiger partial charge in [0.05, 0.1) is 6.61 Å². The summed E-state index contributed by atoms with van der Waals surface area (Å²) in [6.07, 6.45) is 0.247. The molecule has 0 unspecified atom stereocenters. The summed E-state index contributed by atoms with van der Waals surface area (Å²) in [5, 5.41) is 0.423. The molecule has 1 aromatic rings. The van der Waals surface area contributed by atoms with E-state index in [-0.39, 0.29) is 25.4 Å². The minimum atomic E-state index is -1.15. The van der Waals surface area contributed by atoms with Crippen LogP contribution in [0.3, 0.4) is 0 Å². The Balaban J connectivity index is 3.21. The number of benzene rings is 1. The predicted octanol–water partition coefficient (Wildman–Crippen LogP) is 3.25. The highest BCUT2D eigenvalue weighted by Crippen LogP contribution is 2.20. The lowest BCUT2D eigenvalue weighted by Gasteiger charge is -2.17. The van der Waals surface area contributed by atoms with E-state index < -0.39 is 18.0 Å². The molecule has 0 aliphatic rings. The number of rotatable bonds is 9. The largest absolute Gasteiger partial charge is 0.462 e. The molecule has 0 fully saturated rings. The summed E-state index contributed by atoms with van der Waals surface area (Å²) in [6, 6.07) is 6.89. The highest BCUT2D eigenvalue weighted by Gasteiger charge is 2.28. The van der Waals surface area contributed by atoms with Crippen LogP contribution in [-0.4, -0.2) is 37.9 Å². The smallest absolute Gasteiger partial charge is 0.341 e. The SMILES string of the molecule is CCOC(=O)/C(=C\c1ccccc1Cl)C(=O)C(OCC)OCC. The zero-order valence-corrected chi connectivity index (χ0v) is 14.3. The van der Waals surface area contributed by atoms with Gasteiger partial charge in [-0.3, -0.25) is 4.79 Å². The highest BCUT2D eigenvalue weighted by atomic mass is 35.5. The van der Waals surface area contributed by atoms with Gasteiger partial charge in [0.15, 0.2) is 0 Å². The van der Waals surface area contributed by atoms with Crippen molar-refractivity contribution < 1.29 is 23.8 Å². The first-order chi connectivity index (χ1) is 11.0. The Morgan fingerprint density at radius 1 is 1.09 bits per heavy atom. The zero-order chi connectivity index (χ0) is 17.2. The molecule has 0 amide bonds. The third-order valence-corrected chi connectivity index (χ3v) is 3.16. The van der Waals surface area contributed by atoms with Crippen molar-refractivity contribution in [3.8, 4) is 0 Å². The van der Waals surface area contributed by atoms with E-state index in [0.717, 1.165) is 0 Å². The average molecular weight is 341 g/mol. The second-order valence-electron chi connectivity index (χ2n) is 4.41. The maximum Gasteiger partial charge on any atom is 0.341 e. The number of ketones is 1. The molecule has 0 atom stereocenters. The molecule has 23 heavy (non-hydrogen) atoms. The van der Waals surface area contributed by atoms with E-state index >= 15 is 0 Å². The van der Waals surface area contributed by atoms with Crippen LogP contribution >= 0.6 is 11.6 Å². The van der Waals surface area contributed by atoms with Crippen molar-refractivity contribution in [2.24, 2.45) is 0 Å². The van der Waals surface area contributed by atoms with Gasteiger partial charge in [-0.1, -0.05) is 29.8 Å². The van der Waals surface area contributed by atoms with E-state index in [4.69, 9.17) is 25.8 Å². The van der Waals surface area contributed by atoms with Crippen LogP contribution in [0.5, 0.6) is 0 Å². The second-order valence-corrected chi connectivity index (χ2v) is 4.81. The molecule has 0 saturated heterocycles. The van der Waals surface area contributed by atoms with Gasteiger partial charge in [-0.05, 0) is 38.5 Å². The molecule has 1 rings (SSSR count). The Morgan fingerprint density at radius 2 is 1.70 bits per heavy atom. The molecule has 0 bridgehead atoms. The van der Waals surface area contributed by atoms with Gasteiger partial charge in [-0.2, -0.15) is 0 Å². The van der Waals surface area contributed by atoms with Crippen molar-refractivity contribution in [2.45, 2.75) is 27.1 Å². The van der Waals surface area contributed by atoms with E-state index in [1.807, 2.05) is 0 Å². The van der Waals surface area contributed by atoms with Crippen LogP contribution in [0.2, 0.25) is 5.02 Å². The fraction of sp³-hybridized carbons (Fsp3) is 0.412. The van der Waals surface area contributed by atoms with Crippen LogP contribution in [0.15, 0.2) is 29.8 Å². The second kappa shape index (κ2) is 10.2. The van der Waals surface area contributed by atoms with Gasteiger partial charge < -0.3 is 14.2 Å². The van der Waals surface area contributed by atoms with Crippen molar-refractivity contribution in [3.63, 3.8) is 0 Å². The molecule has 0 radical (unpaired) electrons. The summed E-state index contributed by atoms with van der Waals surface area (Å²) in [4.78, 5) is 24.7. The molecule has 126 valence electrons. The van der Waals surface area contributed by atoms with Crippen LogP contribution < -0.4 is 0 Å². The van der Waals surface area contributed by atoms with Crippen LogP contribution in [0.1, 0.15) is 26.3 Å². The maximum absolute atomic E-state index is 12.6. The zero-order valence-electron chi connectivity index (χ0n) is 13.5. The Labute approximate surface area is 141 Å². The van der Waals surface area contributed by atoms with Gasteiger partial charge in [-0.15, -0.1) is 0 Å². The number of esters is 1. The summed E-state index contributed by atoms with van der Waals surface area (Å²) in [7, 11) is 0. The first-order valence-electron chi connectivity index (χ1n) is 7.45. The number of carbonyl (C=O) groups is 2. The van der Waals surface area contributed by atoms with Crippen molar-refractivity contribution in [1.82, 2.24) is 0 Å². The van der Waals surface area contributed by atoms with E-state index in [1.54, 1.807) is 45.0 Å². The molecular weight excluding hydrogens is 320 g/mol. The van der Waals surface area contributed by atoms with E-state index in [1.165, 1.54) is 6.08 Å². The van der Waals surface area contributed by atoms with Gasteiger partial charge in [0, 0.05) is 18.2 Å². The van der Waals surface area contributed by atoms with Crippen LogP contribution in [-0.2, 0) is 23.8 Å². The summed E-state index contributed by atoms with van der Waals surface area (Å²) in [5.74, 6) is -1.33. The molecule has 0 N–H and O–H groups in total. The Hall–Kier alpha value is -1.69. The van der Waals surface area contributed by atoms with E-state index in [2.05, 4.69) is 0 Å². The highest BCUT2D eigenvalue weighted by molar-refractivity contribution is 6.32. The fourth-order valence-electron chi connectivity index (χ4n) is 1.82. The number of hydrogen-bond donors (Lipinski definition) is 0. The van der Waals surface area contributed by atoms with Gasteiger partial charge in [0.1, 0.15) is 5.57 Å². The van der Waals surface area contributed by atoms with E-state index in [0.29, 0.717) is 10.6 Å². The predicted molar refractivity (Wildman–Crippen MR) is 88.1 cm³/mol. The molecule has 0 spiro atoms. The lowest BCUT2D eigenvalue weighted by atomic mass is 10.1. The van der Waals surface area contributed by atoms with Gasteiger partial charge in [0.25, 0.3) is 0 Å². The minimum absolute atomic E-state index is 0.153. The van der Waals surface area contributed by atoms with E-state index in [9.17, 15) is 9.59 Å². The van der Waals surface area contributed by atoms with Gasteiger partial charge in [0.2, 0.25) is 12.1 Å². The normalized spacial score (nSPS) is 11.6. The third kappa shape index (κ3) is 5.78. The fourth-order valence-corrected chi connectivity index (χ4v) is 2.01. The molecular formula is C17H21ClO5. The van der Waals surface area contributed by atoms with Crippen molar-refractivity contribution in [2.75, 3.05) is 19.8 Å². The molecule has 6 heteroatoms. The third-order valence-electron chi connectivity index (χ3n) is 2.82. The van der Waals surface area contributed by atoms with Crippen molar-refractivity contribution >= 4 is 29.4 Å². The Bertz CT molecular complexity index is 562. The lowest BCUT2D eigenvalue weighted by molar-refractivity contribution is -0.165. The molecule has 0 saturated carbocycles. The Morgan fingerprint density at radius 3 is 2.22 bits per heavy atom. The molecule has 5 nitrogen and oxygen atoms in total. The van der Waals surface area contributed by atoms with Crippen molar-refractivity contribution in [1.29, 1.82) is 0 Å². The monoisotopic (exact) mass is 340 g/mol. The molecule has 1 aromatic carbocycles. The Kier molecular flexibility index (Phi) is 8.55. The minimum Gasteiger partial charge on any atom is -0.462 e. The van der Waals surface area contributed by atoms with Gasteiger partial charge >= 0.3 is 5.97 Å². The maximum atomic E-state index is 12.6. The molecule has 0 aliphatic carbocycles. The number of ether oxygens (including phenoxy) is 3. The topological polar surface area (TPSA) is 61.8 Å². The number of carbonyl (C=O) groups excluding carboxylic acids is 2. The van der Waals surface area contributed by atoms with Crippen molar-refractivity contribution in [3.05, 3.63) is 40.4 Å². The summed E-state index contributed by atoms with van der Waals surface area (Å²) < 4.78 is 15.5. The van der Waals surface area contributed by atoms with Crippen LogP contribution in [0, 0.1) is 0 Å². The van der Waals surface area contributed by atoms with Crippen LogP contribution in [0.4, 0.5) is 0 Å². The standard InChI is InChI=1S/C17H21ClO5/c1-4-21-16(20)13(11-12-9-7-8-10-14(12)18)15(19)17(22-5-2)23-6-3/h7-11,17H,4-6H2,1-3H3/b13-11-. The number of Topliss-reactive ketones (excluding diaryl/α,β-unsaturated/α-hetero) is 1. The summed E-state index contributed by atoms with van der Waals surface area (Å²) in [6.45, 7) is 5.84. The van der Waals surface area contributed by atoms with Gasteiger partial charge in [-0.25, -0.2) is 4.79 Å². The number of halogens is 1. The first-order valence-corrected chi connectivity index (χ1v) is 7.83. The first kappa shape index (κ1) is 19.4. The molecule has 0 aliphatic heterocycles. The van der Waals surface area contributed by atoms with Crippen LogP contribution in [0.25, 0.3) is 6.08 Å². The summed E-state index contributed by atoms with van der Waals surface area (Å²) in [5.41, 5.74) is 0.379. The molecule has 0 aromatic heterocycles. The number of hydrogen-bond acceptors (Lipinski definition) is 5.